The van der Waals surface area contributed by atoms with Gasteiger partial charge in [-0.2, -0.15) is 0 Å². The van der Waals surface area contributed by atoms with Crippen molar-refractivity contribution in [3.63, 3.8) is 0 Å². The molecule has 1 fully saturated rings. The summed E-state index contributed by atoms with van der Waals surface area (Å²) in [7, 11) is 0. The number of nitrogens with one attached hydrogen (secondary N) is 1. The highest BCUT2D eigenvalue weighted by Crippen LogP contribution is 2.28. The number of hydrogen-bond donors (Lipinski definition) is 3. The molecule has 0 unspecified atom stereocenters. The Morgan fingerprint density at radius 2 is 1.95 bits per heavy atom. The predicted octanol–water partition coefficient (Wildman–Crippen LogP) is 2.94. The van der Waals surface area contributed by atoms with Crippen LogP contribution in [0.15, 0.2) is 18.2 Å². The van der Waals surface area contributed by atoms with Gasteiger partial charge in [-0.3, -0.25) is 4.79 Å². The Labute approximate surface area is 120 Å². The first kappa shape index (κ1) is 14.7. The van der Waals surface area contributed by atoms with Crippen LogP contribution in [0, 0.1) is 5.92 Å². The molecule has 1 aliphatic rings. The van der Waals surface area contributed by atoms with Gasteiger partial charge in [0.2, 0.25) is 0 Å². The molecule has 0 radical (unpaired) electrons. The molecule has 0 aromatic heterocycles. The standard InChI is InChI=1S/C16H25N3O/c1-2-3-11-4-7-13(8-5-11)19-16(20)14-9-6-12(17)10-15(14)18/h6,9-11,13H,2-5,7-8,17-18H2,1H3,(H,19,20). The molecule has 1 aliphatic carbocycles. The Bertz CT molecular complexity index is 465. The van der Waals surface area contributed by atoms with Gasteiger partial charge >= 0.3 is 0 Å². The van der Waals surface area contributed by atoms with Crippen LogP contribution in [-0.2, 0) is 0 Å². The Balaban J connectivity index is 1.89. The van der Waals surface area contributed by atoms with Crippen LogP contribution in [0.5, 0.6) is 0 Å². The Kier molecular flexibility index (Phi) is 4.88. The number of nitrogen functional groups attached to an aromatic ring is 2. The minimum Gasteiger partial charge on any atom is -0.399 e. The molecule has 1 amide bonds. The zero-order chi connectivity index (χ0) is 14.5. The number of anilines is 2. The van der Waals surface area contributed by atoms with Crippen molar-refractivity contribution in [1.29, 1.82) is 0 Å². The smallest absolute Gasteiger partial charge is 0.253 e. The number of nitrogens with two attached hydrogens (primary N) is 2. The van der Waals surface area contributed by atoms with Gasteiger partial charge in [-0.1, -0.05) is 19.8 Å². The average Bonchev–Trinajstić information content (AvgIpc) is 2.41. The van der Waals surface area contributed by atoms with Crippen LogP contribution in [0.2, 0.25) is 0 Å². The van der Waals surface area contributed by atoms with E-state index in [2.05, 4.69) is 12.2 Å². The third kappa shape index (κ3) is 3.65. The summed E-state index contributed by atoms with van der Waals surface area (Å²) in [6, 6.07) is 5.33. The molecule has 2 rings (SSSR count). The van der Waals surface area contributed by atoms with Crippen molar-refractivity contribution in [2.45, 2.75) is 51.5 Å². The maximum absolute atomic E-state index is 12.2. The van der Waals surface area contributed by atoms with E-state index >= 15 is 0 Å². The normalized spacial score (nSPS) is 22.4. The van der Waals surface area contributed by atoms with Crippen LogP contribution in [0.25, 0.3) is 0 Å². The monoisotopic (exact) mass is 275 g/mol. The summed E-state index contributed by atoms with van der Waals surface area (Å²) < 4.78 is 0. The van der Waals surface area contributed by atoms with Crippen molar-refractivity contribution >= 4 is 17.3 Å². The van der Waals surface area contributed by atoms with Crippen molar-refractivity contribution in [3.05, 3.63) is 23.8 Å². The van der Waals surface area contributed by atoms with E-state index in [-0.39, 0.29) is 11.9 Å². The number of hydrogen-bond acceptors (Lipinski definition) is 3. The molecular formula is C16H25N3O. The van der Waals surface area contributed by atoms with Crippen LogP contribution in [0.1, 0.15) is 55.8 Å². The SMILES string of the molecule is CCCC1CCC(NC(=O)c2ccc(N)cc2N)CC1. The largest absolute Gasteiger partial charge is 0.399 e. The first-order chi connectivity index (χ1) is 9.60. The predicted molar refractivity (Wildman–Crippen MR) is 83.4 cm³/mol. The molecule has 1 aromatic carbocycles. The molecule has 110 valence electrons. The number of benzene rings is 1. The third-order valence-corrected chi connectivity index (χ3v) is 4.20. The second-order valence-electron chi connectivity index (χ2n) is 5.83. The molecule has 4 nitrogen and oxygen atoms in total. The molecule has 0 atom stereocenters. The van der Waals surface area contributed by atoms with E-state index in [1.54, 1.807) is 18.2 Å². The average molecular weight is 275 g/mol. The van der Waals surface area contributed by atoms with Gasteiger partial charge in [0.1, 0.15) is 0 Å². The van der Waals surface area contributed by atoms with Gasteiger partial charge in [-0.05, 0) is 49.8 Å². The molecular weight excluding hydrogens is 250 g/mol. The van der Waals surface area contributed by atoms with Crippen LogP contribution < -0.4 is 16.8 Å². The Morgan fingerprint density at radius 1 is 1.25 bits per heavy atom. The number of rotatable bonds is 4. The van der Waals surface area contributed by atoms with Crippen molar-refractivity contribution in [2.75, 3.05) is 11.5 Å². The highest BCUT2D eigenvalue weighted by molar-refractivity contribution is 5.99. The zero-order valence-electron chi connectivity index (χ0n) is 12.2. The fourth-order valence-corrected chi connectivity index (χ4v) is 3.05. The second-order valence-corrected chi connectivity index (χ2v) is 5.83. The first-order valence-electron chi connectivity index (χ1n) is 7.56. The maximum Gasteiger partial charge on any atom is 0.253 e. The quantitative estimate of drug-likeness (QED) is 0.739. The molecule has 1 saturated carbocycles. The van der Waals surface area contributed by atoms with Crippen LogP contribution in [0.3, 0.4) is 0 Å². The van der Waals surface area contributed by atoms with Gasteiger partial charge < -0.3 is 16.8 Å². The van der Waals surface area contributed by atoms with Crippen LogP contribution in [-0.4, -0.2) is 11.9 Å². The summed E-state index contributed by atoms with van der Waals surface area (Å²) in [5, 5.41) is 3.10. The molecule has 0 saturated heterocycles. The van der Waals surface area contributed by atoms with E-state index in [1.165, 1.54) is 25.7 Å². The topological polar surface area (TPSA) is 81.1 Å². The van der Waals surface area contributed by atoms with E-state index < -0.39 is 0 Å². The maximum atomic E-state index is 12.2. The zero-order valence-corrected chi connectivity index (χ0v) is 12.2. The minimum atomic E-state index is -0.0820. The lowest BCUT2D eigenvalue weighted by molar-refractivity contribution is 0.0922. The molecule has 0 heterocycles. The van der Waals surface area contributed by atoms with E-state index in [4.69, 9.17) is 11.5 Å². The fourth-order valence-electron chi connectivity index (χ4n) is 3.05. The second kappa shape index (κ2) is 6.64. The van der Waals surface area contributed by atoms with Gasteiger partial charge in [-0.25, -0.2) is 0 Å². The molecule has 0 spiro atoms. The Morgan fingerprint density at radius 3 is 2.55 bits per heavy atom. The molecule has 5 N–H and O–H groups in total. The van der Waals surface area contributed by atoms with E-state index in [9.17, 15) is 4.79 Å². The highest BCUT2D eigenvalue weighted by atomic mass is 16.1. The molecule has 1 aromatic rings. The molecule has 0 aliphatic heterocycles. The number of carbonyl (C=O) groups excluding carboxylic acids is 1. The summed E-state index contributed by atoms with van der Waals surface area (Å²) >= 11 is 0. The van der Waals surface area contributed by atoms with Gasteiger partial charge in [-0.15, -0.1) is 0 Å². The summed E-state index contributed by atoms with van der Waals surface area (Å²) in [5.41, 5.74) is 13.0. The van der Waals surface area contributed by atoms with Crippen molar-refractivity contribution < 1.29 is 4.79 Å². The summed E-state index contributed by atoms with van der Waals surface area (Å²) in [6.07, 6.45) is 7.15. The van der Waals surface area contributed by atoms with Crippen LogP contribution >= 0.6 is 0 Å². The molecule has 0 bridgehead atoms. The molecule has 20 heavy (non-hydrogen) atoms. The number of carbonyl (C=O) groups is 1. The summed E-state index contributed by atoms with van der Waals surface area (Å²) in [4.78, 5) is 12.2. The lowest BCUT2D eigenvalue weighted by atomic mass is 9.83. The Hall–Kier alpha value is -1.71. The summed E-state index contributed by atoms with van der Waals surface area (Å²) in [5.74, 6) is 0.760. The highest BCUT2D eigenvalue weighted by Gasteiger charge is 2.22. The summed E-state index contributed by atoms with van der Waals surface area (Å²) in [6.45, 7) is 2.23. The van der Waals surface area contributed by atoms with Gasteiger partial charge in [0, 0.05) is 17.4 Å². The minimum absolute atomic E-state index is 0.0820. The van der Waals surface area contributed by atoms with Gasteiger partial charge in [0.25, 0.3) is 5.91 Å². The van der Waals surface area contributed by atoms with E-state index in [0.717, 1.165) is 18.8 Å². The van der Waals surface area contributed by atoms with E-state index in [1.807, 2.05) is 0 Å². The van der Waals surface area contributed by atoms with Crippen molar-refractivity contribution in [3.8, 4) is 0 Å². The molecule has 4 heteroatoms. The van der Waals surface area contributed by atoms with Crippen molar-refractivity contribution in [2.24, 2.45) is 5.92 Å². The third-order valence-electron chi connectivity index (χ3n) is 4.20. The fraction of sp³-hybridized carbons (Fsp3) is 0.562. The lowest BCUT2D eigenvalue weighted by Crippen LogP contribution is -2.37. The lowest BCUT2D eigenvalue weighted by Gasteiger charge is -2.29. The first-order valence-corrected chi connectivity index (χ1v) is 7.56. The van der Waals surface area contributed by atoms with Gasteiger partial charge in [0.15, 0.2) is 0 Å². The van der Waals surface area contributed by atoms with E-state index in [0.29, 0.717) is 16.9 Å². The van der Waals surface area contributed by atoms with Gasteiger partial charge in [0.05, 0.1) is 5.56 Å². The number of amides is 1. The van der Waals surface area contributed by atoms with Crippen LogP contribution in [0.4, 0.5) is 11.4 Å². The van der Waals surface area contributed by atoms with Crippen molar-refractivity contribution in [1.82, 2.24) is 5.32 Å².